The Labute approximate surface area is 78.5 Å². The molecular formula is C7H20N2O4. The first-order valence-corrected chi connectivity index (χ1v) is 3.66. The molecule has 6 heteroatoms. The summed E-state index contributed by atoms with van der Waals surface area (Å²) in [6, 6.07) is 0. The second kappa shape index (κ2) is 9.40. The van der Waals surface area contributed by atoms with Crippen LogP contribution < -0.4 is 5.73 Å². The van der Waals surface area contributed by atoms with Crippen LogP contribution in [0, 0.1) is 0 Å². The molecule has 0 aromatic heterocycles. The Morgan fingerprint density at radius 2 is 1.69 bits per heavy atom. The van der Waals surface area contributed by atoms with Gasteiger partial charge in [0.2, 0.25) is 0 Å². The van der Waals surface area contributed by atoms with Crippen molar-refractivity contribution in [1.82, 2.24) is 0 Å². The van der Waals surface area contributed by atoms with Crippen LogP contribution in [0.5, 0.6) is 0 Å². The molecule has 0 aromatic carbocycles. The molecule has 0 spiro atoms. The number of carbonyl (C=O) groups is 1. The maximum absolute atomic E-state index is 9.24. The van der Waals surface area contributed by atoms with Gasteiger partial charge >= 0.3 is 5.97 Å². The van der Waals surface area contributed by atoms with Gasteiger partial charge in [0.1, 0.15) is 6.54 Å². The highest BCUT2D eigenvalue weighted by Gasteiger charge is 2.02. The van der Waals surface area contributed by atoms with E-state index < -0.39 is 5.97 Å². The molecule has 5 N–H and O–H groups in total. The van der Waals surface area contributed by atoms with Gasteiger partial charge in [0.25, 0.3) is 0 Å². The molecule has 0 saturated carbocycles. The lowest BCUT2D eigenvalue weighted by molar-refractivity contribution is -0.870. The molecule has 0 saturated heterocycles. The number of hydrogen-bond donors (Lipinski definition) is 3. The number of carboxylic acids is 1. The highest BCUT2D eigenvalue weighted by molar-refractivity contribution is 5.68. The zero-order chi connectivity index (χ0) is 10.2. The smallest absolute Gasteiger partial charge is 0.317 e. The SMILES string of the molecule is C[N+](C)(C)CCO.NCC(=O)O.[OH-]. The molecule has 0 amide bonds. The standard InChI is InChI=1S/C5H14NO.C2H5NO2.H2O/c1-6(2,3)4-5-7;3-1-2(4)5;/h7H,4-5H2,1-3H3;1,3H2,(H,4,5);1H2/q+1;;/p-1. The van der Waals surface area contributed by atoms with Gasteiger partial charge in [0.15, 0.2) is 0 Å². The van der Waals surface area contributed by atoms with Crippen LogP contribution in [-0.4, -0.2) is 67.0 Å². The van der Waals surface area contributed by atoms with Crippen LogP contribution in [0.4, 0.5) is 0 Å². The van der Waals surface area contributed by atoms with Gasteiger partial charge in [-0.1, -0.05) is 0 Å². The van der Waals surface area contributed by atoms with Crippen molar-refractivity contribution in [1.29, 1.82) is 0 Å². The normalized spacial score (nSPS) is 9.31. The largest absolute Gasteiger partial charge is 0.870 e. The second-order valence-electron chi connectivity index (χ2n) is 3.34. The molecule has 0 heterocycles. The first-order valence-electron chi connectivity index (χ1n) is 3.66. The lowest BCUT2D eigenvalue weighted by atomic mass is 10.5. The van der Waals surface area contributed by atoms with E-state index in [1.807, 2.05) is 0 Å². The maximum Gasteiger partial charge on any atom is 0.317 e. The van der Waals surface area contributed by atoms with Gasteiger partial charge in [-0.05, 0) is 0 Å². The van der Waals surface area contributed by atoms with Crippen molar-refractivity contribution in [2.24, 2.45) is 5.73 Å². The third-order valence-corrected chi connectivity index (χ3v) is 0.945. The van der Waals surface area contributed by atoms with Gasteiger partial charge < -0.3 is 25.9 Å². The summed E-state index contributed by atoms with van der Waals surface area (Å²) >= 11 is 0. The van der Waals surface area contributed by atoms with Crippen molar-refractivity contribution >= 4 is 5.97 Å². The summed E-state index contributed by atoms with van der Waals surface area (Å²) in [6.07, 6.45) is 0. The minimum Gasteiger partial charge on any atom is -0.870 e. The van der Waals surface area contributed by atoms with E-state index in [4.69, 9.17) is 10.2 Å². The van der Waals surface area contributed by atoms with E-state index in [0.29, 0.717) is 0 Å². The van der Waals surface area contributed by atoms with Crippen LogP contribution in [0.2, 0.25) is 0 Å². The van der Waals surface area contributed by atoms with Crippen molar-refractivity contribution in [3.63, 3.8) is 0 Å². The fourth-order valence-electron chi connectivity index (χ4n) is 0.300. The Morgan fingerprint density at radius 3 is 1.69 bits per heavy atom. The Balaban J connectivity index is -0.000000150. The maximum atomic E-state index is 9.24. The van der Waals surface area contributed by atoms with Crippen LogP contribution in [0.1, 0.15) is 0 Å². The predicted molar refractivity (Wildman–Crippen MR) is 48.6 cm³/mol. The van der Waals surface area contributed by atoms with E-state index in [9.17, 15) is 4.79 Å². The number of aliphatic hydroxyl groups is 1. The number of nitrogens with zero attached hydrogens (tertiary/aromatic N) is 1. The molecule has 0 aliphatic rings. The fourth-order valence-corrected chi connectivity index (χ4v) is 0.300. The van der Waals surface area contributed by atoms with E-state index in [1.165, 1.54) is 0 Å². The monoisotopic (exact) mass is 196 g/mol. The molecule has 13 heavy (non-hydrogen) atoms. The number of aliphatic carboxylic acids is 1. The van der Waals surface area contributed by atoms with Crippen LogP contribution in [0.15, 0.2) is 0 Å². The molecule has 0 radical (unpaired) electrons. The summed E-state index contributed by atoms with van der Waals surface area (Å²) in [5.74, 6) is -0.968. The molecule has 0 aromatic rings. The Kier molecular flexibility index (Phi) is 13.1. The van der Waals surface area contributed by atoms with Crippen molar-refractivity contribution in [3.05, 3.63) is 0 Å². The lowest BCUT2D eigenvalue weighted by Crippen LogP contribution is -2.36. The predicted octanol–water partition coefficient (Wildman–Crippen LogP) is -1.46. The topological polar surface area (TPSA) is 114 Å². The number of nitrogens with two attached hydrogens (primary N) is 1. The molecule has 0 bridgehead atoms. The zero-order valence-electron chi connectivity index (χ0n) is 8.40. The summed E-state index contributed by atoms with van der Waals surface area (Å²) < 4.78 is 0.844. The molecule has 0 unspecified atom stereocenters. The van der Waals surface area contributed by atoms with Gasteiger partial charge in [-0.15, -0.1) is 0 Å². The van der Waals surface area contributed by atoms with E-state index in [2.05, 4.69) is 26.9 Å². The van der Waals surface area contributed by atoms with Gasteiger partial charge in [0, 0.05) is 0 Å². The summed E-state index contributed by atoms with van der Waals surface area (Å²) in [7, 11) is 6.16. The van der Waals surface area contributed by atoms with Gasteiger partial charge in [-0.3, -0.25) is 4.79 Å². The summed E-state index contributed by atoms with van der Waals surface area (Å²) in [6.45, 7) is 0.837. The fraction of sp³-hybridized carbons (Fsp3) is 0.857. The Hall–Kier alpha value is -0.690. The van der Waals surface area contributed by atoms with Gasteiger partial charge in [0.05, 0.1) is 34.3 Å². The molecular weight excluding hydrogens is 176 g/mol. The van der Waals surface area contributed by atoms with Gasteiger partial charge in [-0.2, -0.15) is 0 Å². The molecule has 0 fully saturated rings. The van der Waals surface area contributed by atoms with Crippen molar-refractivity contribution in [2.45, 2.75) is 0 Å². The molecule has 0 aliphatic carbocycles. The minimum atomic E-state index is -0.968. The van der Waals surface area contributed by atoms with Crippen molar-refractivity contribution in [3.8, 4) is 0 Å². The van der Waals surface area contributed by atoms with Crippen LogP contribution in [-0.2, 0) is 4.79 Å². The summed E-state index contributed by atoms with van der Waals surface area (Å²) in [5.41, 5.74) is 4.57. The second-order valence-corrected chi connectivity index (χ2v) is 3.34. The minimum absolute atomic E-state index is 0. The van der Waals surface area contributed by atoms with Crippen LogP contribution in [0.3, 0.4) is 0 Å². The number of carboxylic acid groups (broad SMARTS) is 1. The zero-order valence-corrected chi connectivity index (χ0v) is 8.40. The lowest BCUT2D eigenvalue weighted by Gasteiger charge is -2.21. The average Bonchev–Trinajstić information content (AvgIpc) is 1.86. The van der Waals surface area contributed by atoms with E-state index >= 15 is 0 Å². The van der Waals surface area contributed by atoms with Crippen LogP contribution >= 0.6 is 0 Å². The van der Waals surface area contributed by atoms with Crippen molar-refractivity contribution < 1.29 is 25.0 Å². The molecule has 0 atom stereocenters. The van der Waals surface area contributed by atoms with Crippen LogP contribution in [0.25, 0.3) is 0 Å². The number of hydrogen-bond acceptors (Lipinski definition) is 4. The van der Waals surface area contributed by atoms with E-state index in [1.54, 1.807) is 0 Å². The highest BCUT2D eigenvalue weighted by Crippen LogP contribution is 1.84. The number of rotatable bonds is 3. The third-order valence-electron chi connectivity index (χ3n) is 0.945. The quantitative estimate of drug-likeness (QED) is 0.477. The number of likely N-dealkylation sites (N-methyl/N-ethyl adjacent to an activating group) is 1. The number of aliphatic hydroxyl groups excluding tert-OH is 1. The summed E-state index contributed by atoms with van der Waals surface area (Å²) in [5, 5.41) is 16.0. The van der Waals surface area contributed by atoms with Crippen molar-refractivity contribution in [2.75, 3.05) is 40.8 Å². The number of quaternary nitrogens is 1. The van der Waals surface area contributed by atoms with E-state index in [0.717, 1.165) is 11.0 Å². The third kappa shape index (κ3) is 34.8. The molecule has 0 aliphatic heterocycles. The summed E-state index contributed by atoms with van der Waals surface area (Å²) in [4.78, 5) is 9.24. The highest BCUT2D eigenvalue weighted by atomic mass is 16.4. The molecule has 82 valence electrons. The van der Waals surface area contributed by atoms with E-state index in [-0.39, 0.29) is 18.6 Å². The first kappa shape index (κ1) is 18.2. The van der Waals surface area contributed by atoms with Gasteiger partial charge in [-0.25, -0.2) is 0 Å². The first-order chi connectivity index (χ1) is 5.33. The average molecular weight is 196 g/mol. The molecule has 0 rings (SSSR count). The Bertz CT molecular complexity index is 122. The molecule has 6 nitrogen and oxygen atoms in total. The Morgan fingerprint density at radius 1 is 1.38 bits per heavy atom.